The van der Waals surface area contributed by atoms with Gasteiger partial charge in [0.05, 0.1) is 17.6 Å². The molecule has 0 radical (unpaired) electrons. The van der Waals surface area contributed by atoms with Crippen molar-refractivity contribution >= 4 is 11.4 Å². The Hall–Kier alpha value is -1.82. The number of β-amino-alcohol motifs (C(OH)–C–C–N with tert-alkyl or cyclic N) is 1. The first-order valence-electron chi connectivity index (χ1n) is 5.23. The summed E-state index contributed by atoms with van der Waals surface area (Å²) in [6.45, 7) is 2.80. The highest BCUT2D eigenvalue weighted by atomic mass is 16.6. The van der Waals surface area contributed by atoms with Crippen LogP contribution >= 0.6 is 0 Å². The number of benzene rings is 1. The number of nitro groups is 1. The molecule has 1 aliphatic heterocycles. The van der Waals surface area contributed by atoms with Gasteiger partial charge in [-0.05, 0) is 13.0 Å². The molecule has 2 rings (SSSR count). The molecule has 17 heavy (non-hydrogen) atoms. The number of nitrogens with zero attached hydrogens (tertiary/aromatic N) is 2. The third-order valence-electron chi connectivity index (χ3n) is 2.79. The Morgan fingerprint density at radius 1 is 1.53 bits per heavy atom. The third kappa shape index (κ3) is 2.16. The second kappa shape index (κ2) is 3.89. The van der Waals surface area contributed by atoms with Gasteiger partial charge in [0.15, 0.2) is 5.75 Å². The summed E-state index contributed by atoms with van der Waals surface area (Å²) >= 11 is 0. The lowest BCUT2D eigenvalue weighted by molar-refractivity contribution is -0.385. The molecule has 0 unspecified atom stereocenters. The van der Waals surface area contributed by atoms with E-state index in [4.69, 9.17) is 4.74 Å². The number of rotatable bonds is 3. The summed E-state index contributed by atoms with van der Waals surface area (Å²) in [4.78, 5) is 12.2. The van der Waals surface area contributed by atoms with Crippen LogP contribution < -0.4 is 9.64 Å². The topological polar surface area (TPSA) is 75.8 Å². The maximum atomic E-state index is 10.7. The van der Waals surface area contributed by atoms with Crippen LogP contribution in [0.25, 0.3) is 0 Å². The molecule has 6 nitrogen and oxygen atoms in total. The smallest absolute Gasteiger partial charge is 0.311 e. The molecular weight excluding hydrogens is 224 g/mol. The van der Waals surface area contributed by atoms with E-state index in [0.29, 0.717) is 13.1 Å². The molecule has 1 aromatic rings. The minimum absolute atomic E-state index is 0.0523. The highest BCUT2D eigenvalue weighted by Crippen LogP contribution is 2.34. The Kier molecular flexibility index (Phi) is 2.66. The fraction of sp³-hybridized carbons (Fsp3) is 0.455. The predicted molar refractivity (Wildman–Crippen MR) is 62.5 cm³/mol. The van der Waals surface area contributed by atoms with Gasteiger partial charge in [-0.2, -0.15) is 0 Å². The molecule has 0 amide bonds. The van der Waals surface area contributed by atoms with E-state index in [2.05, 4.69) is 0 Å². The van der Waals surface area contributed by atoms with Crippen molar-refractivity contribution in [2.75, 3.05) is 25.1 Å². The van der Waals surface area contributed by atoms with E-state index in [0.717, 1.165) is 5.69 Å². The molecule has 0 spiro atoms. The molecule has 0 aliphatic carbocycles. The Labute approximate surface area is 98.6 Å². The highest BCUT2D eigenvalue weighted by molar-refractivity contribution is 5.60. The Balaban J connectivity index is 2.24. The standard InChI is InChI=1S/C11H14N2O4/c1-11(14)6-12(7-11)8-3-4-9(13(15)16)10(5-8)17-2/h3-5,14H,6-7H2,1-2H3. The van der Waals surface area contributed by atoms with Crippen molar-refractivity contribution in [3.63, 3.8) is 0 Å². The summed E-state index contributed by atoms with van der Waals surface area (Å²) in [7, 11) is 1.40. The molecular formula is C11H14N2O4. The first-order chi connectivity index (χ1) is 7.93. The zero-order valence-electron chi connectivity index (χ0n) is 9.71. The van der Waals surface area contributed by atoms with Gasteiger partial charge in [0.25, 0.3) is 0 Å². The van der Waals surface area contributed by atoms with Crippen molar-refractivity contribution in [1.82, 2.24) is 0 Å². The highest BCUT2D eigenvalue weighted by Gasteiger charge is 2.37. The molecule has 1 heterocycles. The summed E-state index contributed by atoms with van der Waals surface area (Å²) in [6, 6.07) is 4.70. The zero-order chi connectivity index (χ0) is 12.6. The molecule has 1 aromatic carbocycles. The van der Waals surface area contributed by atoms with Gasteiger partial charge in [-0.1, -0.05) is 0 Å². The molecule has 92 valence electrons. The number of methoxy groups -OCH3 is 1. The van der Waals surface area contributed by atoms with Crippen LogP contribution in [-0.4, -0.2) is 35.8 Å². The lowest BCUT2D eigenvalue weighted by atomic mass is 9.96. The number of aliphatic hydroxyl groups is 1. The van der Waals surface area contributed by atoms with Crippen LogP contribution in [0.3, 0.4) is 0 Å². The Bertz CT molecular complexity index is 451. The van der Waals surface area contributed by atoms with Gasteiger partial charge < -0.3 is 14.7 Å². The van der Waals surface area contributed by atoms with Crippen LogP contribution in [-0.2, 0) is 0 Å². The van der Waals surface area contributed by atoms with Gasteiger partial charge in [0, 0.05) is 30.9 Å². The fourth-order valence-corrected chi connectivity index (χ4v) is 1.97. The molecule has 1 saturated heterocycles. The largest absolute Gasteiger partial charge is 0.490 e. The van der Waals surface area contributed by atoms with Crippen LogP contribution in [0.1, 0.15) is 6.92 Å². The number of anilines is 1. The molecule has 0 atom stereocenters. The molecule has 0 aromatic heterocycles. The third-order valence-corrected chi connectivity index (χ3v) is 2.79. The fourth-order valence-electron chi connectivity index (χ4n) is 1.97. The number of hydrogen-bond acceptors (Lipinski definition) is 5. The maximum Gasteiger partial charge on any atom is 0.311 e. The van der Waals surface area contributed by atoms with E-state index in [-0.39, 0.29) is 11.4 Å². The average molecular weight is 238 g/mol. The molecule has 1 fully saturated rings. The summed E-state index contributed by atoms with van der Waals surface area (Å²) in [6.07, 6.45) is 0. The van der Waals surface area contributed by atoms with Gasteiger partial charge in [0.2, 0.25) is 0 Å². The van der Waals surface area contributed by atoms with E-state index in [1.54, 1.807) is 19.1 Å². The van der Waals surface area contributed by atoms with E-state index < -0.39 is 10.5 Å². The number of hydrogen-bond donors (Lipinski definition) is 1. The SMILES string of the molecule is COc1cc(N2CC(C)(O)C2)ccc1[N+](=O)[O-]. The van der Waals surface area contributed by atoms with Crippen LogP contribution in [0.5, 0.6) is 5.75 Å². The normalized spacial score (nSPS) is 17.5. The molecule has 1 aliphatic rings. The van der Waals surface area contributed by atoms with Gasteiger partial charge in [-0.25, -0.2) is 0 Å². The average Bonchev–Trinajstić information content (AvgIpc) is 2.24. The minimum Gasteiger partial charge on any atom is -0.490 e. The van der Waals surface area contributed by atoms with E-state index in [9.17, 15) is 15.2 Å². The lowest BCUT2D eigenvalue weighted by Crippen LogP contribution is -2.60. The van der Waals surface area contributed by atoms with E-state index in [1.165, 1.54) is 13.2 Å². The van der Waals surface area contributed by atoms with Crippen LogP contribution in [0.15, 0.2) is 18.2 Å². The van der Waals surface area contributed by atoms with E-state index in [1.807, 2.05) is 4.90 Å². The number of ether oxygens (including phenoxy) is 1. The molecule has 0 saturated carbocycles. The van der Waals surface area contributed by atoms with Crippen molar-refractivity contribution in [2.45, 2.75) is 12.5 Å². The number of nitro benzene ring substituents is 1. The van der Waals surface area contributed by atoms with Crippen LogP contribution in [0.4, 0.5) is 11.4 Å². The van der Waals surface area contributed by atoms with Crippen molar-refractivity contribution in [1.29, 1.82) is 0 Å². The predicted octanol–water partition coefficient (Wildman–Crippen LogP) is 1.17. The van der Waals surface area contributed by atoms with Gasteiger partial charge in [0.1, 0.15) is 0 Å². The van der Waals surface area contributed by atoms with Crippen molar-refractivity contribution in [3.05, 3.63) is 28.3 Å². The minimum atomic E-state index is -0.672. The lowest BCUT2D eigenvalue weighted by Gasteiger charge is -2.45. The summed E-state index contributed by atoms with van der Waals surface area (Å²) in [5, 5.41) is 20.4. The summed E-state index contributed by atoms with van der Waals surface area (Å²) < 4.78 is 4.99. The zero-order valence-corrected chi connectivity index (χ0v) is 9.71. The van der Waals surface area contributed by atoms with Gasteiger partial charge in [-0.15, -0.1) is 0 Å². The van der Waals surface area contributed by atoms with Crippen LogP contribution in [0.2, 0.25) is 0 Å². The quantitative estimate of drug-likeness (QED) is 0.632. The first kappa shape index (κ1) is 11.7. The first-order valence-corrected chi connectivity index (χ1v) is 5.23. The maximum absolute atomic E-state index is 10.7. The second-order valence-corrected chi connectivity index (χ2v) is 4.47. The van der Waals surface area contributed by atoms with Crippen molar-refractivity contribution in [3.8, 4) is 5.75 Å². The molecule has 6 heteroatoms. The molecule has 0 bridgehead atoms. The Morgan fingerprint density at radius 3 is 2.65 bits per heavy atom. The van der Waals surface area contributed by atoms with E-state index >= 15 is 0 Å². The second-order valence-electron chi connectivity index (χ2n) is 4.47. The van der Waals surface area contributed by atoms with Gasteiger partial charge >= 0.3 is 5.69 Å². The monoisotopic (exact) mass is 238 g/mol. The van der Waals surface area contributed by atoms with Crippen molar-refractivity contribution < 1.29 is 14.8 Å². The molecule has 1 N–H and O–H groups in total. The summed E-state index contributed by atoms with van der Waals surface area (Å²) in [5.74, 6) is 0.235. The van der Waals surface area contributed by atoms with Crippen LogP contribution in [0, 0.1) is 10.1 Å². The Morgan fingerprint density at radius 2 is 2.18 bits per heavy atom. The summed E-state index contributed by atoms with van der Waals surface area (Å²) in [5.41, 5.74) is 0.0946. The van der Waals surface area contributed by atoms with Crippen molar-refractivity contribution in [2.24, 2.45) is 0 Å². The van der Waals surface area contributed by atoms with Gasteiger partial charge in [-0.3, -0.25) is 10.1 Å².